The van der Waals surface area contributed by atoms with Gasteiger partial charge in [-0.15, -0.1) is 5.10 Å². The van der Waals surface area contributed by atoms with Crippen molar-refractivity contribution in [1.82, 2.24) is 24.3 Å². The number of aryl methyl sites for hydroxylation is 1. The summed E-state index contributed by atoms with van der Waals surface area (Å²) in [6, 6.07) is 0.568. The molecule has 3 rings (SSSR count). The number of hydrogen-bond acceptors (Lipinski definition) is 7. The molecule has 0 radical (unpaired) electrons. The monoisotopic (exact) mass is 532 g/mol. The molecule has 0 fully saturated rings. The summed E-state index contributed by atoms with van der Waals surface area (Å²) in [5, 5.41) is 15.5. The molecule has 0 aliphatic heterocycles. The van der Waals surface area contributed by atoms with Crippen LogP contribution in [0.3, 0.4) is 0 Å². The Morgan fingerprint density at radius 2 is 2.00 bits per heavy atom. The molecule has 0 aromatic carbocycles. The van der Waals surface area contributed by atoms with Gasteiger partial charge in [0.2, 0.25) is 5.88 Å². The maximum absolute atomic E-state index is 15.1. The topological polar surface area (TPSA) is 124 Å². The number of pyridine rings is 2. The van der Waals surface area contributed by atoms with Gasteiger partial charge in [0.1, 0.15) is 12.2 Å². The number of ether oxygens (including phenoxy) is 1. The predicted octanol–water partition coefficient (Wildman–Crippen LogP) is 3.33. The molecule has 0 aliphatic rings. The van der Waals surface area contributed by atoms with Gasteiger partial charge in [0, 0.05) is 12.7 Å². The third kappa shape index (κ3) is 5.18. The van der Waals surface area contributed by atoms with E-state index in [4.69, 9.17) is 16.3 Å². The predicted molar refractivity (Wildman–Crippen MR) is 120 cm³/mol. The zero-order valence-corrected chi connectivity index (χ0v) is 20.2. The standard InChI is InChI=1S/C21H21ClF4N6O4/c1-5-31-14(8-33)30-32(20(31)35)17-13(23)6-12(19(29-17)36-11(4)21(24,25)26)18(34)28-15-10(3)9(2)7-27-16(15)22/h6-7,11,33H,5,8H2,1-4H3,(H,28,34)/t11-/m0/s1. The van der Waals surface area contributed by atoms with Crippen LogP contribution in [0.1, 0.15) is 41.2 Å². The lowest BCUT2D eigenvalue weighted by atomic mass is 10.1. The summed E-state index contributed by atoms with van der Waals surface area (Å²) in [5.41, 5.74) is -0.371. The second-order valence-electron chi connectivity index (χ2n) is 7.65. The normalized spacial score (nSPS) is 12.5. The van der Waals surface area contributed by atoms with Crippen molar-refractivity contribution >= 4 is 23.2 Å². The highest BCUT2D eigenvalue weighted by atomic mass is 35.5. The van der Waals surface area contributed by atoms with E-state index in [0.717, 1.165) is 4.57 Å². The molecule has 15 heteroatoms. The summed E-state index contributed by atoms with van der Waals surface area (Å²) in [6.07, 6.45) is -5.84. The number of anilines is 1. The second kappa shape index (κ2) is 10.2. The summed E-state index contributed by atoms with van der Waals surface area (Å²) in [7, 11) is 0. The van der Waals surface area contributed by atoms with Crippen molar-refractivity contribution in [2.24, 2.45) is 0 Å². The fraction of sp³-hybridized carbons (Fsp3) is 0.381. The Balaban J connectivity index is 2.17. The van der Waals surface area contributed by atoms with Gasteiger partial charge in [0.15, 0.2) is 28.7 Å². The lowest BCUT2D eigenvalue weighted by molar-refractivity contribution is -0.190. The smallest absolute Gasteiger partial charge is 0.425 e. The number of nitrogens with one attached hydrogen (secondary N) is 1. The summed E-state index contributed by atoms with van der Waals surface area (Å²) in [4.78, 5) is 33.2. The van der Waals surface area contributed by atoms with Gasteiger partial charge >= 0.3 is 11.9 Å². The molecule has 1 atom stereocenters. The van der Waals surface area contributed by atoms with Gasteiger partial charge in [-0.1, -0.05) is 11.6 Å². The van der Waals surface area contributed by atoms with Crippen LogP contribution in [0, 0.1) is 19.7 Å². The Morgan fingerprint density at radius 3 is 2.56 bits per heavy atom. The van der Waals surface area contributed by atoms with Gasteiger partial charge < -0.3 is 15.2 Å². The quantitative estimate of drug-likeness (QED) is 0.353. The Kier molecular flexibility index (Phi) is 7.69. The number of carbonyl (C=O) groups is 1. The lowest BCUT2D eigenvalue weighted by Gasteiger charge is -2.20. The minimum atomic E-state index is -4.85. The first kappa shape index (κ1) is 27.1. The van der Waals surface area contributed by atoms with Crippen molar-refractivity contribution in [1.29, 1.82) is 0 Å². The number of amides is 1. The average Bonchev–Trinajstić information content (AvgIpc) is 3.14. The number of aromatic nitrogens is 5. The number of nitrogens with zero attached hydrogens (tertiary/aromatic N) is 5. The maximum atomic E-state index is 15.1. The van der Waals surface area contributed by atoms with Crippen LogP contribution >= 0.6 is 11.6 Å². The van der Waals surface area contributed by atoms with E-state index in [1.165, 1.54) is 6.20 Å². The largest absolute Gasteiger partial charge is 0.464 e. The molecular formula is C21H21ClF4N6O4. The number of halogens is 5. The van der Waals surface area contributed by atoms with E-state index in [0.29, 0.717) is 28.8 Å². The van der Waals surface area contributed by atoms with E-state index in [2.05, 4.69) is 20.4 Å². The molecule has 194 valence electrons. The van der Waals surface area contributed by atoms with Gasteiger partial charge in [-0.2, -0.15) is 22.8 Å². The number of rotatable bonds is 7. The van der Waals surface area contributed by atoms with E-state index in [9.17, 15) is 27.9 Å². The second-order valence-corrected chi connectivity index (χ2v) is 8.01. The minimum absolute atomic E-state index is 0.0615. The van der Waals surface area contributed by atoms with Crippen molar-refractivity contribution in [3.05, 3.63) is 56.2 Å². The molecule has 3 heterocycles. The van der Waals surface area contributed by atoms with Gasteiger partial charge in [-0.05, 0) is 44.9 Å². The summed E-state index contributed by atoms with van der Waals surface area (Å²) in [6.45, 7) is 4.94. The summed E-state index contributed by atoms with van der Waals surface area (Å²) >= 11 is 6.05. The van der Waals surface area contributed by atoms with Crippen LogP contribution in [-0.2, 0) is 13.2 Å². The Bertz CT molecular complexity index is 1370. The van der Waals surface area contributed by atoms with Crippen LogP contribution < -0.4 is 15.7 Å². The van der Waals surface area contributed by atoms with Crippen molar-refractivity contribution in [3.8, 4) is 11.7 Å². The maximum Gasteiger partial charge on any atom is 0.425 e. The van der Waals surface area contributed by atoms with Crippen molar-refractivity contribution in [2.75, 3.05) is 5.32 Å². The molecular weight excluding hydrogens is 512 g/mol. The first-order chi connectivity index (χ1) is 16.8. The van der Waals surface area contributed by atoms with Crippen LogP contribution in [0.25, 0.3) is 5.82 Å². The van der Waals surface area contributed by atoms with Crippen LogP contribution in [-0.4, -0.2) is 47.6 Å². The van der Waals surface area contributed by atoms with E-state index >= 15 is 4.39 Å². The Hall–Kier alpha value is -3.52. The molecule has 0 saturated carbocycles. The van der Waals surface area contributed by atoms with Crippen LogP contribution in [0.5, 0.6) is 5.88 Å². The molecule has 3 aromatic rings. The van der Waals surface area contributed by atoms with E-state index in [-0.39, 0.29) is 23.2 Å². The molecule has 0 aliphatic carbocycles. The fourth-order valence-corrected chi connectivity index (χ4v) is 3.34. The Labute approximate surface area is 206 Å². The molecule has 36 heavy (non-hydrogen) atoms. The molecule has 0 spiro atoms. The van der Waals surface area contributed by atoms with Crippen molar-refractivity contribution in [3.63, 3.8) is 0 Å². The molecule has 10 nitrogen and oxygen atoms in total. The van der Waals surface area contributed by atoms with E-state index in [1.54, 1.807) is 20.8 Å². The minimum Gasteiger partial charge on any atom is -0.464 e. The summed E-state index contributed by atoms with van der Waals surface area (Å²) in [5.74, 6) is -4.21. The van der Waals surface area contributed by atoms with Crippen molar-refractivity contribution < 1.29 is 32.2 Å². The molecule has 0 saturated heterocycles. The zero-order valence-electron chi connectivity index (χ0n) is 19.4. The van der Waals surface area contributed by atoms with Gasteiger partial charge in [-0.3, -0.25) is 9.36 Å². The highest BCUT2D eigenvalue weighted by Crippen LogP contribution is 2.30. The van der Waals surface area contributed by atoms with Crippen molar-refractivity contribution in [2.45, 2.75) is 53.1 Å². The highest BCUT2D eigenvalue weighted by Gasteiger charge is 2.39. The summed E-state index contributed by atoms with van der Waals surface area (Å²) < 4.78 is 61.1. The zero-order chi connectivity index (χ0) is 26.9. The highest BCUT2D eigenvalue weighted by molar-refractivity contribution is 6.33. The first-order valence-electron chi connectivity index (χ1n) is 10.5. The molecule has 3 aromatic heterocycles. The Morgan fingerprint density at radius 1 is 1.33 bits per heavy atom. The fourth-order valence-electron chi connectivity index (χ4n) is 3.10. The first-order valence-corrected chi connectivity index (χ1v) is 10.8. The number of alkyl halides is 3. The molecule has 0 bridgehead atoms. The van der Waals surface area contributed by atoms with E-state index in [1.807, 2.05) is 0 Å². The number of aliphatic hydroxyl groups is 1. The van der Waals surface area contributed by atoms with Gasteiger partial charge in [-0.25, -0.2) is 14.2 Å². The molecule has 2 N–H and O–H groups in total. The van der Waals surface area contributed by atoms with Crippen LogP contribution in [0.4, 0.5) is 23.2 Å². The SMILES string of the molecule is CCn1c(CO)nn(-c2nc(O[C@@H](C)C(F)(F)F)c(C(=O)Nc3c(Cl)ncc(C)c3C)cc2F)c1=O. The number of aliphatic hydroxyl groups excluding tert-OH is 1. The van der Waals surface area contributed by atoms with Gasteiger partial charge in [0.05, 0.1) is 5.69 Å². The van der Waals surface area contributed by atoms with Crippen LogP contribution in [0.15, 0.2) is 17.1 Å². The van der Waals surface area contributed by atoms with Gasteiger partial charge in [0.25, 0.3) is 5.91 Å². The third-order valence-corrected chi connectivity index (χ3v) is 5.58. The molecule has 1 amide bonds. The lowest BCUT2D eigenvalue weighted by Crippen LogP contribution is -2.33. The molecule has 0 unspecified atom stereocenters. The number of carbonyl (C=O) groups excluding carboxylic acids is 1. The van der Waals surface area contributed by atoms with Crippen LogP contribution in [0.2, 0.25) is 5.15 Å². The number of hydrogen-bond donors (Lipinski definition) is 2. The van der Waals surface area contributed by atoms with E-state index < -0.39 is 53.6 Å². The third-order valence-electron chi connectivity index (χ3n) is 5.30. The average molecular weight is 533 g/mol.